The SMILES string of the molecule is CCCc1ccc(NC2CNC(C)(C)C2)cc1. The van der Waals surface area contributed by atoms with Crippen LogP contribution < -0.4 is 10.6 Å². The van der Waals surface area contributed by atoms with Gasteiger partial charge in [0.25, 0.3) is 0 Å². The lowest BCUT2D eigenvalue weighted by molar-refractivity contribution is 0.457. The van der Waals surface area contributed by atoms with Gasteiger partial charge in [-0.05, 0) is 44.4 Å². The third kappa shape index (κ3) is 3.47. The average Bonchev–Trinajstić information content (AvgIpc) is 2.61. The van der Waals surface area contributed by atoms with Gasteiger partial charge < -0.3 is 10.6 Å². The molecule has 0 aliphatic carbocycles. The van der Waals surface area contributed by atoms with Gasteiger partial charge >= 0.3 is 0 Å². The molecule has 0 amide bonds. The lowest BCUT2D eigenvalue weighted by Gasteiger charge is -2.18. The number of hydrogen-bond donors (Lipinski definition) is 2. The molecule has 1 aromatic rings. The van der Waals surface area contributed by atoms with Crippen molar-refractivity contribution in [2.75, 3.05) is 11.9 Å². The first-order chi connectivity index (χ1) is 8.09. The Morgan fingerprint density at radius 2 is 2.00 bits per heavy atom. The Hall–Kier alpha value is -1.02. The van der Waals surface area contributed by atoms with Gasteiger partial charge in [0, 0.05) is 23.8 Å². The molecule has 1 atom stereocenters. The van der Waals surface area contributed by atoms with Gasteiger partial charge in [0.2, 0.25) is 0 Å². The van der Waals surface area contributed by atoms with Gasteiger partial charge in [-0.25, -0.2) is 0 Å². The third-order valence-electron chi connectivity index (χ3n) is 3.45. The monoisotopic (exact) mass is 232 g/mol. The Bertz CT molecular complexity index is 354. The fraction of sp³-hybridized carbons (Fsp3) is 0.600. The van der Waals surface area contributed by atoms with E-state index >= 15 is 0 Å². The summed E-state index contributed by atoms with van der Waals surface area (Å²) in [6, 6.07) is 9.44. The Labute approximate surface area is 105 Å². The van der Waals surface area contributed by atoms with Gasteiger partial charge in [0.15, 0.2) is 0 Å². The Morgan fingerprint density at radius 3 is 2.53 bits per heavy atom. The zero-order chi connectivity index (χ0) is 12.3. The maximum Gasteiger partial charge on any atom is 0.0403 e. The summed E-state index contributed by atoms with van der Waals surface area (Å²) in [7, 11) is 0. The fourth-order valence-electron chi connectivity index (χ4n) is 2.55. The van der Waals surface area contributed by atoms with Gasteiger partial charge in [-0.3, -0.25) is 0 Å². The van der Waals surface area contributed by atoms with Crippen molar-refractivity contribution in [1.29, 1.82) is 0 Å². The van der Waals surface area contributed by atoms with Crippen LogP contribution in [0.3, 0.4) is 0 Å². The highest BCUT2D eigenvalue weighted by Gasteiger charge is 2.29. The summed E-state index contributed by atoms with van der Waals surface area (Å²) < 4.78 is 0. The van der Waals surface area contributed by atoms with Gasteiger partial charge in [-0.15, -0.1) is 0 Å². The minimum Gasteiger partial charge on any atom is -0.381 e. The number of nitrogens with one attached hydrogen (secondary N) is 2. The molecule has 2 nitrogen and oxygen atoms in total. The zero-order valence-electron chi connectivity index (χ0n) is 11.2. The van der Waals surface area contributed by atoms with Crippen molar-refractivity contribution >= 4 is 5.69 Å². The van der Waals surface area contributed by atoms with Crippen molar-refractivity contribution in [3.05, 3.63) is 29.8 Å². The molecule has 17 heavy (non-hydrogen) atoms. The fourth-order valence-corrected chi connectivity index (χ4v) is 2.55. The van der Waals surface area contributed by atoms with E-state index in [-0.39, 0.29) is 5.54 Å². The molecular weight excluding hydrogens is 208 g/mol. The van der Waals surface area contributed by atoms with E-state index < -0.39 is 0 Å². The number of anilines is 1. The van der Waals surface area contributed by atoms with Gasteiger partial charge in [0.1, 0.15) is 0 Å². The third-order valence-corrected chi connectivity index (χ3v) is 3.45. The number of rotatable bonds is 4. The zero-order valence-corrected chi connectivity index (χ0v) is 11.2. The average molecular weight is 232 g/mol. The Morgan fingerprint density at radius 1 is 1.29 bits per heavy atom. The molecule has 1 aliphatic rings. The van der Waals surface area contributed by atoms with E-state index in [4.69, 9.17) is 0 Å². The van der Waals surface area contributed by atoms with E-state index in [1.54, 1.807) is 0 Å². The molecule has 0 radical (unpaired) electrons. The molecule has 1 heterocycles. The maximum absolute atomic E-state index is 3.60. The lowest BCUT2D eigenvalue weighted by Crippen LogP contribution is -2.31. The second kappa shape index (κ2) is 5.09. The quantitative estimate of drug-likeness (QED) is 0.833. The van der Waals surface area contributed by atoms with E-state index in [1.807, 2.05) is 0 Å². The first-order valence-corrected chi connectivity index (χ1v) is 6.69. The van der Waals surface area contributed by atoms with Crippen LogP contribution in [0.1, 0.15) is 39.2 Å². The minimum atomic E-state index is 0.278. The first-order valence-electron chi connectivity index (χ1n) is 6.69. The van der Waals surface area contributed by atoms with Crippen LogP contribution in [0.25, 0.3) is 0 Å². The molecule has 1 saturated heterocycles. The molecule has 2 heteroatoms. The Kier molecular flexibility index (Phi) is 3.72. The molecule has 94 valence electrons. The summed E-state index contributed by atoms with van der Waals surface area (Å²) in [5.41, 5.74) is 2.96. The van der Waals surface area contributed by atoms with Crippen LogP contribution in [-0.2, 0) is 6.42 Å². The van der Waals surface area contributed by atoms with Crippen LogP contribution in [0.2, 0.25) is 0 Å². The number of hydrogen-bond acceptors (Lipinski definition) is 2. The van der Waals surface area contributed by atoms with Crippen molar-refractivity contribution in [2.45, 2.75) is 51.6 Å². The van der Waals surface area contributed by atoms with Crippen LogP contribution in [0.15, 0.2) is 24.3 Å². The van der Waals surface area contributed by atoms with E-state index in [9.17, 15) is 0 Å². The van der Waals surface area contributed by atoms with Crippen LogP contribution in [0.5, 0.6) is 0 Å². The summed E-state index contributed by atoms with van der Waals surface area (Å²) in [5, 5.41) is 7.14. The molecule has 1 unspecified atom stereocenters. The van der Waals surface area contributed by atoms with E-state index in [0.717, 1.165) is 6.54 Å². The summed E-state index contributed by atoms with van der Waals surface area (Å²) in [5.74, 6) is 0. The summed E-state index contributed by atoms with van der Waals surface area (Å²) in [6.45, 7) is 7.81. The molecule has 1 fully saturated rings. The molecule has 0 spiro atoms. The van der Waals surface area contributed by atoms with E-state index in [1.165, 1.54) is 30.5 Å². The molecule has 1 aromatic carbocycles. The van der Waals surface area contributed by atoms with Crippen molar-refractivity contribution in [2.24, 2.45) is 0 Å². The number of benzene rings is 1. The maximum atomic E-state index is 3.60. The van der Waals surface area contributed by atoms with Crippen LogP contribution in [0.4, 0.5) is 5.69 Å². The largest absolute Gasteiger partial charge is 0.381 e. The normalized spacial score (nSPS) is 22.6. The molecular formula is C15H24N2. The summed E-state index contributed by atoms with van der Waals surface area (Å²) >= 11 is 0. The molecule has 0 bridgehead atoms. The second-order valence-electron chi connectivity index (χ2n) is 5.76. The first kappa shape index (κ1) is 12.4. The van der Waals surface area contributed by atoms with Gasteiger partial charge in [0.05, 0.1) is 0 Å². The minimum absolute atomic E-state index is 0.278. The molecule has 0 saturated carbocycles. The summed E-state index contributed by atoms with van der Waals surface area (Å²) in [6.07, 6.45) is 3.58. The van der Waals surface area contributed by atoms with Gasteiger partial charge in [-0.1, -0.05) is 25.5 Å². The van der Waals surface area contributed by atoms with E-state index in [2.05, 4.69) is 55.7 Å². The van der Waals surface area contributed by atoms with Crippen molar-refractivity contribution in [1.82, 2.24) is 5.32 Å². The van der Waals surface area contributed by atoms with Crippen molar-refractivity contribution in [3.63, 3.8) is 0 Å². The molecule has 1 aliphatic heterocycles. The topological polar surface area (TPSA) is 24.1 Å². The van der Waals surface area contributed by atoms with Crippen molar-refractivity contribution < 1.29 is 0 Å². The lowest BCUT2D eigenvalue weighted by atomic mass is 10.0. The van der Waals surface area contributed by atoms with Gasteiger partial charge in [-0.2, -0.15) is 0 Å². The second-order valence-corrected chi connectivity index (χ2v) is 5.76. The summed E-state index contributed by atoms with van der Waals surface area (Å²) in [4.78, 5) is 0. The van der Waals surface area contributed by atoms with Crippen molar-refractivity contribution in [3.8, 4) is 0 Å². The standard InChI is InChI=1S/C15H24N2/c1-4-5-12-6-8-13(9-7-12)17-14-10-15(2,3)16-11-14/h6-9,14,16-17H,4-5,10-11H2,1-3H3. The van der Waals surface area contributed by atoms with E-state index in [0.29, 0.717) is 6.04 Å². The smallest absolute Gasteiger partial charge is 0.0403 e. The molecule has 2 N–H and O–H groups in total. The highest BCUT2D eigenvalue weighted by Crippen LogP contribution is 2.21. The van der Waals surface area contributed by atoms with Crippen LogP contribution >= 0.6 is 0 Å². The van der Waals surface area contributed by atoms with Crippen LogP contribution in [0, 0.1) is 0 Å². The predicted octanol–water partition coefficient (Wildman–Crippen LogP) is 3.19. The van der Waals surface area contributed by atoms with Crippen LogP contribution in [-0.4, -0.2) is 18.1 Å². The molecule has 2 rings (SSSR count). The predicted molar refractivity (Wildman–Crippen MR) is 74.5 cm³/mol. The Balaban J connectivity index is 1.91. The highest BCUT2D eigenvalue weighted by atomic mass is 15.1. The number of aryl methyl sites for hydroxylation is 1. The molecule has 0 aromatic heterocycles. The highest BCUT2D eigenvalue weighted by molar-refractivity contribution is 5.46.